The average Bonchev–Trinajstić information content (AvgIpc) is 2.27. The molecule has 0 saturated carbocycles. The summed E-state index contributed by atoms with van der Waals surface area (Å²) < 4.78 is 18.8. The van der Waals surface area contributed by atoms with E-state index in [0.29, 0.717) is 4.90 Å². The summed E-state index contributed by atoms with van der Waals surface area (Å²) in [6.07, 6.45) is 0. The van der Waals surface area contributed by atoms with Gasteiger partial charge in [-0.05, 0) is 25.2 Å². The number of ether oxygens (including phenoxy) is 1. The molecule has 0 aliphatic rings. The third-order valence-corrected chi connectivity index (χ3v) is 2.85. The normalized spacial score (nSPS) is 12.1. The summed E-state index contributed by atoms with van der Waals surface area (Å²) in [5.41, 5.74) is -0.00130. The van der Waals surface area contributed by atoms with Gasteiger partial charge < -0.3 is 9.84 Å². The fourth-order valence-electron chi connectivity index (χ4n) is 1.09. The number of carbonyl (C=O) groups is 1. The second kappa shape index (κ2) is 4.90. The molecule has 5 nitrogen and oxygen atoms in total. The topological polar surface area (TPSA) is 75.6 Å². The molecule has 0 bridgehead atoms. The predicted molar refractivity (Wildman–Crippen MR) is 55.4 cm³/mol. The van der Waals surface area contributed by atoms with E-state index in [4.69, 9.17) is 9.84 Å². The number of hydrogen-bond acceptors (Lipinski definition) is 3. The molecule has 0 aliphatic carbocycles. The molecule has 82 valence electrons. The zero-order chi connectivity index (χ0) is 11.4. The van der Waals surface area contributed by atoms with E-state index in [1.54, 1.807) is 6.07 Å². The number of aromatic carboxylic acids is 1. The first-order valence-electron chi connectivity index (χ1n) is 4.10. The highest BCUT2D eigenvalue weighted by Crippen LogP contribution is 2.21. The smallest absolute Gasteiger partial charge is 0.339 e. The van der Waals surface area contributed by atoms with E-state index in [0.717, 1.165) is 0 Å². The predicted octanol–water partition coefficient (Wildman–Crippen LogP) is 0.635. The van der Waals surface area contributed by atoms with E-state index >= 15 is 0 Å². The largest absolute Gasteiger partial charge is 0.496 e. The monoisotopic (exact) mass is 229 g/mol. The van der Waals surface area contributed by atoms with Crippen LogP contribution in [0.25, 0.3) is 0 Å². The van der Waals surface area contributed by atoms with Crippen LogP contribution < -0.4 is 9.46 Å². The standard InChI is InChI=1S/C9H11NO4S/c1-10-15(13)6-3-4-8(14-2)7(5-6)9(11)12/h3-5,10H,1-2H3,(H,11,12). The lowest BCUT2D eigenvalue weighted by Gasteiger charge is -2.06. The Bertz CT molecular complexity index is 405. The summed E-state index contributed by atoms with van der Waals surface area (Å²) in [5.74, 6) is -0.860. The number of nitrogens with one attached hydrogen (secondary N) is 1. The maximum Gasteiger partial charge on any atom is 0.339 e. The molecule has 0 aliphatic heterocycles. The molecule has 15 heavy (non-hydrogen) atoms. The molecule has 1 unspecified atom stereocenters. The van der Waals surface area contributed by atoms with Crippen molar-refractivity contribution in [2.24, 2.45) is 0 Å². The number of hydrogen-bond donors (Lipinski definition) is 2. The Hall–Kier alpha value is -1.40. The van der Waals surface area contributed by atoms with Crippen LogP contribution in [0.4, 0.5) is 0 Å². The summed E-state index contributed by atoms with van der Waals surface area (Å²) in [4.78, 5) is 11.2. The maximum absolute atomic E-state index is 11.4. The van der Waals surface area contributed by atoms with Crippen LogP contribution >= 0.6 is 0 Å². The molecule has 0 saturated heterocycles. The molecule has 1 rings (SSSR count). The van der Waals surface area contributed by atoms with E-state index in [-0.39, 0.29) is 11.3 Å². The third-order valence-electron chi connectivity index (χ3n) is 1.80. The van der Waals surface area contributed by atoms with E-state index in [9.17, 15) is 9.00 Å². The van der Waals surface area contributed by atoms with Gasteiger partial charge in [-0.15, -0.1) is 0 Å². The zero-order valence-electron chi connectivity index (χ0n) is 8.31. The van der Waals surface area contributed by atoms with Crippen LogP contribution in [0, 0.1) is 0 Å². The molecule has 6 heteroatoms. The van der Waals surface area contributed by atoms with Gasteiger partial charge in [0, 0.05) is 0 Å². The van der Waals surface area contributed by atoms with Crippen molar-refractivity contribution in [2.75, 3.05) is 14.2 Å². The molecule has 1 aromatic carbocycles. The third kappa shape index (κ3) is 2.54. The first kappa shape index (κ1) is 11.7. The van der Waals surface area contributed by atoms with E-state index in [1.807, 2.05) is 0 Å². The van der Waals surface area contributed by atoms with Crippen LogP contribution in [0.2, 0.25) is 0 Å². The van der Waals surface area contributed by atoms with Gasteiger partial charge in [-0.1, -0.05) is 0 Å². The van der Waals surface area contributed by atoms with Gasteiger partial charge in [0.25, 0.3) is 0 Å². The highest BCUT2D eigenvalue weighted by atomic mass is 32.2. The lowest BCUT2D eigenvalue weighted by molar-refractivity contribution is 0.0693. The van der Waals surface area contributed by atoms with Crippen molar-refractivity contribution >= 4 is 17.0 Å². The number of carboxylic acids is 1. The first-order valence-corrected chi connectivity index (χ1v) is 5.25. The Morgan fingerprint density at radius 1 is 1.53 bits per heavy atom. The minimum Gasteiger partial charge on any atom is -0.496 e. The van der Waals surface area contributed by atoms with Gasteiger partial charge in [0.05, 0.1) is 12.0 Å². The van der Waals surface area contributed by atoms with Gasteiger partial charge in [0.1, 0.15) is 22.3 Å². The number of rotatable bonds is 4. The molecule has 0 fully saturated rings. The molecular formula is C9H11NO4S. The Morgan fingerprint density at radius 2 is 2.20 bits per heavy atom. The van der Waals surface area contributed by atoms with Crippen molar-refractivity contribution in [1.29, 1.82) is 0 Å². The summed E-state index contributed by atoms with van der Waals surface area (Å²) in [5, 5.41) is 8.88. The quantitative estimate of drug-likeness (QED) is 0.794. The summed E-state index contributed by atoms with van der Waals surface area (Å²) in [6.45, 7) is 0. The van der Waals surface area contributed by atoms with Crippen LogP contribution in [-0.4, -0.2) is 29.4 Å². The minimum absolute atomic E-state index is 0.00130. The van der Waals surface area contributed by atoms with Crippen LogP contribution in [0.15, 0.2) is 23.1 Å². The molecule has 2 N–H and O–H groups in total. The van der Waals surface area contributed by atoms with Crippen molar-refractivity contribution < 1.29 is 18.8 Å². The summed E-state index contributed by atoms with van der Waals surface area (Å²) >= 11 is 0. The Labute approximate surface area is 89.7 Å². The molecule has 0 spiro atoms. The van der Waals surface area contributed by atoms with Crippen molar-refractivity contribution in [1.82, 2.24) is 4.72 Å². The molecule has 1 aromatic rings. The molecule has 0 radical (unpaired) electrons. The zero-order valence-corrected chi connectivity index (χ0v) is 9.13. The summed E-state index contributed by atoms with van der Waals surface area (Å²) in [6, 6.07) is 4.36. The highest BCUT2D eigenvalue weighted by Gasteiger charge is 2.13. The lowest BCUT2D eigenvalue weighted by Crippen LogP contribution is -2.11. The molecule has 0 amide bonds. The molecule has 0 heterocycles. The number of methoxy groups -OCH3 is 1. The molecule has 1 atom stereocenters. The first-order chi connectivity index (χ1) is 7.10. The Balaban J connectivity index is 3.22. The average molecular weight is 229 g/mol. The van der Waals surface area contributed by atoms with E-state index in [2.05, 4.69) is 4.72 Å². The van der Waals surface area contributed by atoms with Crippen molar-refractivity contribution in [3.05, 3.63) is 23.8 Å². The fourth-order valence-corrected chi connectivity index (χ4v) is 1.74. The Kier molecular flexibility index (Phi) is 3.81. The van der Waals surface area contributed by atoms with Gasteiger partial charge >= 0.3 is 5.97 Å². The van der Waals surface area contributed by atoms with E-state index in [1.165, 1.54) is 26.3 Å². The highest BCUT2D eigenvalue weighted by molar-refractivity contribution is 7.83. The SMILES string of the molecule is CNS(=O)c1ccc(OC)c(C(=O)O)c1. The van der Waals surface area contributed by atoms with Crippen molar-refractivity contribution in [2.45, 2.75) is 4.90 Å². The van der Waals surface area contributed by atoms with Gasteiger partial charge in [-0.25, -0.2) is 13.7 Å². The van der Waals surface area contributed by atoms with Gasteiger partial charge in [-0.2, -0.15) is 0 Å². The number of carboxylic acid groups (broad SMARTS) is 1. The fraction of sp³-hybridized carbons (Fsp3) is 0.222. The minimum atomic E-state index is -1.40. The molecule has 0 aromatic heterocycles. The van der Waals surface area contributed by atoms with Gasteiger partial charge in [0.15, 0.2) is 0 Å². The van der Waals surface area contributed by atoms with Crippen LogP contribution in [0.5, 0.6) is 5.75 Å². The Morgan fingerprint density at radius 3 is 2.67 bits per heavy atom. The second-order valence-electron chi connectivity index (χ2n) is 2.64. The van der Waals surface area contributed by atoms with Gasteiger partial charge in [-0.3, -0.25) is 0 Å². The lowest BCUT2D eigenvalue weighted by atomic mass is 10.2. The number of benzene rings is 1. The van der Waals surface area contributed by atoms with Crippen LogP contribution in [0.3, 0.4) is 0 Å². The van der Waals surface area contributed by atoms with E-state index < -0.39 is 17.0 Å². The van der Waals surface area contributed by atoms with Crippen molar-refractivity contribution in [3.63, 3.8) is 0 Å². The van der Waals surface area contributed by atoms with Gasteiger partial charge in [0.2, 0.25) is 0 Å². The summed E-state index contributed by atoms with van der Waals surface area (Å²) in [7, 11) is 1.52. The molecular weight excluding hydrogens is 218 g/mol. The van der Waals surface area contributed by atoms with Crippen molar-refractivity contribution in [3.8, 4) is 5.75 Å². The van der Waals surface area contributed by atoms with Crippen LogP contribution in [0.1, 0.15) is 10.4 Å². The second-order valence-corrected chi connectivity index (χ2v) is 4.06. The van der Waals surface area contributed by atoms with Crippen LogP contribution in [-0.2, 0) is 11.0 Å². The maximum atomic E-state index is 11.4.